The van der Waals surface area contributed by atoms with Gasteiger partial charge in [0, 0.05) is 17.1 Å². The van der Waals surface area contributed by atoms with Gasteiger partial charge in [-0.1, -0.05) is 78.4 Å². The predicted octanol–water partition coefficient (Wildman–Crippen LogP) is 5.56. The Morgan fingerprint density at radius 1 is 0.846 bits per heavy atom. The van der Waals surface area contributed by atoms with E-state index >= 15 is 0 Å². The summed E-state index contributed by atoms with van der Waals surface area (Å²) >= 11 is 0. The van der Waals surface area contributed by atoms with E-state index in [2.05, 4.69) is 24.0 Å². The lowest BCUT2D eigenvalue weighted by molar-refractivity contribution is 0.0974. The quantitative estimate of drug-likeness (QED) is 0.456. The van der Waals surface area contributed by atoms with Gasteiger partial charge in [0.25, 0.3) is 0 Å². The average molecular weight is 337 g/mol. The molecule has 126 valence electrons. The van der Waals surface area contributed by atoms with Gasteiger partial charge in [0.05, 0.1) is 11.4 Å². The van der Waals surface area contributed by atoms with Crippen molar-refractivity contribution in [3.05, 3.63) is 113 Å². The van der Waals surface area contributed by atoms with Crippen LogP contribution >= 0.6 is 0 Å². The summed E-state index contributed by atoms with van der Waals surface area (Å²) < 4.78 is 0. The summed E-state index contributed by atoms with van der Waals surface area (Å²) in [5, 5.41) is 1.06. The second kappa shape index (κ2) is 6.93. The van der Waals surface area contributed by atoms with Gasteiger partial charge < -0.3 is 0 Å². The molecule has 0 saturated carbocycles. The molecule has 0 bridgehead atoms. The van der Waals surface area contributed by atoms with Crippen LogP contribution in [0.4, 0.5) is 0 Å². The molecule has 1 aromatic heterocycles. The first-order valence-corrected chi connectivity index (χ1v) is 8.73. The van der Waals surface area contributed by atoms with Crippen molar-refractivity contribution < 1.29 is 4.79 Å². The van der Waals surface area contributed by atoms with Gasteiger partial charge in [-0.15, -0.1) is 0 Å². The molecular formula is C24H19NO. The number of fused-ring (bicyclic) bond motifs is 1. The summed E-state index contributed by atoms with van der Waals surface area (Å²) in [4.78, 5) is 18.1. The van der Waals surface area contributed by atoms with E-state index in [0.717, 1.165) is 27.6 Å². The van der Waals surface area contributed by atoms with Crippen molar-refractivity contribution in [2.75, 3.05) is 0 Å². The molecule has 0 aliphatic carbocycles. The lowest BCUT2D eigenvalue weighted by Crippen LogP contribution is -2.15. The number of benzene rings is 3. The summed E-state index contributed by atoms with van der Waals surface area (Å²) in [6.45, 7) is 2.06. The second-order valence-electron chi connectivity index (χ2n) is 6.50. The summed E-state index contributed by atoms with van der Waals surface area (Å²) in [5.41, 5.74) is 4.67. The van der Waals surface area contributed by atoms with Crippen molar-refractivity contribution in [2.45, 2.75) is 12.8 Å². The topological polar surface area (TPSA) is 30.0 Å². The van der Waals surface area contributed by atoms with Crippen LogP contribution in [0.25, 0.3) is 10.9 Å². The molecule has 4 aromatic rings. The van der Waals surface area contributed by atoms with Crippen molar-refractivity contribution in [1.29, 1.82) is 0 Å². The fraction of sp³-hybridized carbons (Fsp3) is 0.0833. The SMILES string of the molecule is Cc1cc(C(C(=O)c2ccccc2)c2ccccc2)c2ncccc2c1. The Balaban J connectivity index is 1.97. The maximum atomic E-state index is 13.5. The molecule has 26 heavy (non-hydrogen) atoms. The van der Waals surface area contributed by atoms with E-state index in [1.807, 2.05) is 72.8 Å². The smallest absolute Gasteiger partial charge is 0.174 e. The van der Waals surface area contributed by atoms with Crippen LogP contribution in [0.3, 0.4) is 0 Å². The van der Waals surface area contributed by atoms with Gasteiger partial charge in [-0.05, 0) is 30.2 Å². The molecule has 0 saturated heterocycles. The van der Waals surface area contributed by atoms with Crippen molar-refractivity contribution in [3.8, 4) is 0 Å². The molecule has 3 aromatic carbocycles. The van der Waals surface area contributed by atoms with Crippen molar-refractivity contribution in [2.24, 2.45) is 0 Å². The molecule has 1 unspecified atom stereocenters. The third-order valence-electron chi connectivity index (χ3n) is 4.64. The first-order valence-electron chi connectivity index (χ1n) is 8.73. The van der Waals surface area contributed by atoms with Crippen molar-refractivity contribution in [3.63, 3.8) is 0 Å². The van der Waals surface area contributed by atoms with Gasteiger partial charge in [-0.25, -0.2) is 0 Å². The van der Waals surface area contributed by atoms with Crippen molar-refractivity contribution >= 4 is 16.7 Å². The highest BCUT2D eigenvalue weighted by atomic mass is 16.1. The van der Waals surface area contributed by atoms with Crippen LogP contribution in [0.1, 0.15) is 33.0 Å². The highest BCUT2D eigenvalue weighted by Gasteiger charge is 2.26. The number of aromatic nitrogens is 1. The Labute approximate surface area is 153 Å². The maximum absolute atomic E-state index is 13.5. The minimum atomic E-state index is -0.379. The van der Waals surface area contributed by atoms with Gasteiger partial charge in [0.2, 0.25) is 0 Å². The molecule has 2 nitrogen and oxygen atoms in total. The maximum Gasteiger partial charge on any atom is 0.174 e. The molecule has 0 amide bonds. The number of aryl methyl sites for hydroxylation is 1. The number of Topliss-reactive ketones (excluding diaryl/α,β-unsaturated/α-hetero) is 1. The van der Waals surface area contributed by atoms with Gasteiger partial charge in [-0.3, -0.25) is 9.78 Å². The van der Waals surface area contributed by atoms with E-state index in [9.17, 15) is 4.79 Å². The van der Waals surface area contributed by atoms with Crippen LogP contribution in [-0.2, 0) is 0 Å². The highest BCUT2D eigenvalue weighted by molar-refractivity contribution is 6.05. The predicted molar refractivity (Wildman–Crippen MR) is 106 cm³/mol. The second-order valence-corrected chi connectivity index (χ2v) is 6.50. The van der Waals surface area contributed by atoms with Crippen LogP contribution in [0.2, 0.25) is 0 Å². The van der Waals surface area contributed by atoms with E-state index in [4.69, 9.17) is 0 Å². The minimum Gasteiger partial charge on any atom is -0.293 e. The van der Waals surface area contributed by atoms with Gasteiger partial charge in [0.15, 0.2) is 5.78 Å². The molecule has 4 rings (SSSR count). The van der Waals surface area contributed by atoms with Gasteiger partial charge in [0.1, 0.15) is 0 Å². The van der Waals surface area contributed by atoms with Crippen molar-refractivity contribution in [1.82, 2.24) is 4.98 Å². The first-order chi connectivity index (χ1) is 12.7. The van der Waals surface area contributed by atoms with E-state index in [1.165, 1.54) is 0 Å². The van der Waals surface area contributed by atoms with Gasteiger partial charge >= 0.3 is 0 Å². The zero-order valence-electron chi connectivity index (χ0n) is 14.6. The lowest BCUT2D eigenvalue weighted by Gasteiger charge is -2.19. The fourth-order valence-electron chi connectivity index (χ4n) is 3.48. The highest BCUT2D eigenvalue weighted by Crippen LogP contribution is 2.33. The molecule has 0 spiro atoms. The Morgan fingerprint density at radius 2 is 1.54 bits per heavy atom. The summed E-state index contributed by atoms with van der Waals surface area (Å²) in [5.74, 6) is -0.287. The van der Waals surface area contributed by atoms with Crippen LogP contribution in [0.15, 0.2) is 91.1 Å². The number of hydrogen-bond donors (Lipinski definition) is 0. The molecule has 0 radical (unpaired) electrons. The van der Waals surface area contributed by atoms with E-state index in [1.54, 1.807) is 6.20 Å². The zero-order valence-corrected chi connectivity index (χ0v) is 14.6. The third-order valence-corrected chi connectivity index (χ3v) is 4.64. The molecule has 1 heterocycles. The molecule has 0 aliphatic rings. The summed E-state index contributed by atoms with van der Waals surface area (Å²) in [7, 11) is 0. The first kappa shape index (κ1) is 16.2. The Kier molecular flexibility index (Phi) is 4.32. The summed E-state index contributed by atoms with van der Waals surface area (Å²) in [6.07, 6.45) is 1.79. The van der Waals surface area contributed by atoms with Gasteiger partial charge in [-0.2, -0.15) is 0 Å². The minimum absolute atomic E-state index is 0.0920. The Morgan fingerprint density at radius 3 is 2.27 bits per heavy atom. The fourth-order valence-corrected chi connectivity index (χ4v) is 3.48. The Bertz CT molecular complexity index is 1060. The number of nitrogens with zero attached hydrogens (tertiary/aromatic N) is 1. The molecule has 0 fully saturated rings. The number of hydrogen-bond acceptors (Lipinski definition) is 2. The van der Waals surface area contributed by atoms with Crippen LogP contribution in [-0.4, -0.2) is 10.8 Å². The number of carbonyl (C=O) groups excluding carboxylic acids is 1. The molecule has 0 aliphatic heterocycles. The standard InChI is InChI=1S/C24H19NO/c1-17-15-20-13-8-14-25-23(20)21(16-17)22(18-9-4-2-5-10-18)24(26)19-11-6-3-7-12-19/h2-16,22H,1H3. The third kappa shape index (κ3) is 3.02. The Hall–Kier alpha value is -3.26. The van der Waals surface area contributed by atoms with E-state index < -0.39 is 0 Å². The largest absolute Gasteiger partial charge is 0.293 e. The number of ketones is 1. The summed E-state index contributed by atoms with van der Waals surface area (Å²) in [6, 6.07) is 27.6. The van der Waals surface area contributed by atoms with Crippen LogP contribution < -0.4 is 0 Å². The lowest BCUT2D eigenvalue weighted by atomic mass is 9.83. The monoisotopic (exact) mass is 337 g/mol. The number of carbonyl (C=O) groups is 1. The average Bonchev–Trinajstić information content (AvgIpc) is 2.69. The molecule has 1 atom stereocenters. The number of pyridine rings is 1. The zero-order chi connectivity index (χ0) is 17.9. The van der Waals surface area contributed by atoms with E-state index in [0.29, 0.717) is 5.56 Å². The molecule has 2 heteroatoms. The van der Waals surface area contributed by atoms with Crippen LogP contribution in [0.5, 0.6) is 0 Å². The molecule has 0 N–H and O–H groups in total. The molecular weight excluding hydrogens is 318 g/mol. The van der Waals surface area contributed by atoms with E-state index in [-0.39, 0.29) is 11.7 Å². The van der Waals surface area contributed by atoms with Crippen LogP contribution in [0, 0.1) is 6.92 Å². The normalized spacial score (nSPS) is 12.0. The number of rotatable bonds is 4.